The fourth-order valence-electron chi connectivity index (χ4n) is 3.20. The summed E-state index contributed by atoms with van der Waals surface area (Å²) in [5.41, 5.74) is 0. The molecule has 0 aromatic rings. The first-order valence-corrected chi connectivity index (χ1v) is 6.39. The van der Waals surface area contributed by atoms with Crippen molar-refractivity contribution in [1.29, 1.82) is 0 Å². The Morgan fingerprint density at radius 1 is 0.545 bits per heavy atom. The molecule has 1 saturated carbocycles. The summed E-state index contributed by atoms with van der Waals surface area (Å²) in [6.07, 6.45) is -5.20. The van der Waals surface area contributed by atoms with Crippen LogP contribution in [0.3, 0.4) is 0 Å². The molecule has 10 nitrogen and oxygen atoms in total. The van der Waals surface area contributed by atoms with Crippen molar-refractivity contribution in [1.82, 2.24) is 0 Å². The maximum absolute atomic E-state index is 11.4. The molecule has 0 radical (unpaired) electrons. The average molecular weight is 312 g/mol. The molecule has 2 saturated heterocycles. The van der Waals surface area contributed by atoms with E-state index in [0.717, 1.165) is 0 Å². The highest BCUT2D eigenvalue weighted by Crippen LogP contribution is 2.45. The minimum Gasteiger partial charge on any atom is -0.426 e. The van der Waals surface area contributed by atoms with Crippen LogP contribution < -0.4 is 0 Å². The van der Waals surface area contributed by atoms with E-state index in [1.165, 1.54) is 0 Å². The van der Waals surface area contributed by atoms with Crippen molar-refractivity contribution < 1.29 is 47.6 Å². The Morgan fingerprint density at radius 2 is 0.818 bits per heavy atom. The molecule has 0 N–H and O–H groups in total. The second-order valence-corrected chi connectivity index (χ2v) is 5.07. The topological polar surface area (TPSA) is 124 Å². The Kier molecular flexibility index (Phi) is 2.56. The lowest BCUT2D eigenvalue weighted by molar-refractivity contribution is -0.153. The third-order valence-electron chi connectivity index (χ3n) is 3.98. The molecule has 0 aromatic heterocycles. The predicted octanol–water partition coefficient (Wildman–Crippen LogP) is 0.883. The van der Waals surface area contributed by atoms with Crippen LogP contribution in [-0.2, 0) is 28.4 Å². The zero-order chi connectivity index (χ0) is 15.4. The number of cyclic esters (lactones) is 4. The predicted molar refractivity (Wildman–Crippen MR) is 59.4 cm³/mol. The van der Waals surface area contributed by atoms with Crippen LogP contribution in [0.4, 0.5) is 19.2 Å². The number of hydrogen-bond acceptors (Lipinski definition) is 10. The minimum atomic E-state index is -1.21. The molecule has 0 amide bonds. The van der Waals surface area contributed by atoms with Gasteiger partial charge in [-0.1, -0.05) is 12.2 Å². The van der Waals surface area contributed by atoms with Gasteiger partial charge in [-0.25, -0.2) is 19.2 Å². The number of ether oxygens (including phenoxy) is 6. The standard InChI is InChI=1S/C12H8O10/c13-9-17-5-3-1-2-4(7(5)19-11(15)21-9)8-6(3)18-10(14)22-12(16)20-8/h1-8H. The molecular weight excluding hydrogens is 304 g/mol. The van der Waals surface area contributed by atoms with Crippen LogP contribution in [0, 0.1) is 11.8 Å². The van der Waals surface area contributed by atoms with Crippen LogP contribution in [-0.4, -0.2) is 49.0 Å². The van der Waals surface area contributed by atoms with Gasteiger partial charge in [-0.2, -0.15) is 0 Å². The van der Waals surface area contributed by atoms with E-state index >= 15 is 0 Å². The monoisotopic (exact) mass is 312 g/mol. The molecule has 10 heteroatoms. The van der Waals surface area contributed by atoms with E-state index in [2.05, 4.69) is 9.47 Å². The van der Waals surface area contributed by atoms with Crippen LogP contribution in [0.15, 0.2) is 12.2 Å². The Bertz CT molecular complexity index is 513. The number of hydrogen-bond donors (Lipinski definition) is 0. The molecule has 22 heavy (non-hydrogen) atoms. The highest BCUT2D eigenvalue weighted by Gasteiger charge is 2.61. The molecule has 2 bridgehead atoms. The maximum atomic E-state index is 11.4. The normalized spacial score (nSPS) is 42.2. The third kappa shape index (κ3) is 1.80. The lowest BCUT2D eigenvalue weighted by Gasteiger charge is -2.47. The molecule has 3 fully saturated rings. The summed E-state index contributed by atoms with van der Waals surface area (Å²) in [6.45, 7) is 0. The Hall–Kier alpha value is -2.78. The van der Waals surface area contributed by atoms with Gasteiger partial charge in [-0.05, 0) is 0 Å². The van der Waals surface area contributed by atoms with Gasteiger partial charge in [0.1, 0.15) is 0 Å². The van der Waals surface area contributed by atoms with Crippen molar-refractivity contribution in [2.45, 2.75) is 24.4 Å². The molecule has 0 spiro atoms. The summed E-state index contributed by atoms with van der Waals surface area (Å²) in [7, 11) is 0. The van der Waals surface area contributed by atoms with Crippen molar-refractivity contribution in [2.75, 3.05) is 0 Å². The van der Waals surface area contributed by atoms with E-state index in [9.17, 15) is 19.2 Å². The van der Waals surface area contributed by atoms with Crippen LogP contribution in [0.1, 0.15) is 0 Å². The Labute approximate surface area is 121 Å². The molecule has 116 valence electrons. The highest BCUT2D eigenvalue weighted by molar-refractivity contribution is 5.79. The largest absolute Gasteiger partial charge is 0.519 e. The first kappa shape index (κ1) is 12.9. The number of rotatable bonds is 0. The first-order valence-electron chi connectivity index (χ1n) is 6.39. The zero-order valence-corrected chi connectivity index (χ0v) is 10.7. The van der Waals surface area contributed by atoms with Crippen molar-refractivity contribution in [3.63, 3.8) is 0 Å². The lowest BCUT2D eigenvalue weighted by Crippen LogP contribution is -2.62. The smallest absolute Gasteiger partial charge is 0.426 e. The molecule has 5 aliphatic rings. The maximum Gasteiger partial charge on any atom is 0.519 e. The average Bonchev–Trinajstić information content (AvgIpc) is 2.68. The van der Waals surface area contributed by atoms with Crippen LogP contribution in [0.2, 0.25) is 0 Å². The van der Waals surface area contributed by atoms with Gasteiger partial charge < -0.3 is 28.4 Å². The SMILES string of the molecule is O=C1OC(=O)OC2C3C=CC(C2O1)C1OC(=O)OC(=O)OC31. The van der Waals surface area contributed by atoms with Crippen LogP contribution in [0.5, 0.6) is 0 Å². The van der Waals surface area contributed by atoms with Gasteiger partial charge in [-0.3, -0.25) is 0 Å². The van der Waals surface area contributed by atoms with E-state index in [1.807, 2.05) is 0 Å². The molecule has 3 aliphatic carbocycles. The van der Waals surface area contributed by atoms with Crippen molar-refractivity contribution in [2.24, 2.45) is 11.8 Å². The van der Waals surface area contributed by atoms with Gasteiger partial charge in [0.15, 0.2) is 24.4 Å². The van der Waals surface area contributed by atoms with Crippen molar-refractivity contribution in [3.05, 3.63) is 12.2 Å². The minimum absolute atomic E-state index is 0.670. The molecule has 4 atom stereocenters. The fourth-order valence-corrected chi connectivity index (χ4v) is 3.20. The quantitative estimate of drug-likeness (QED) is 0.275. The summed E-state index contributed by atoms with van der Waals surface area (Å²) in [5, 5.41) is 0. The van der Waals surface area contributed by atoms with E-state index in [4.69, 9.17) is 18.9 Å². The first-order chi connectivity index (χ1) is 10.5. The molecular formula is C12H8O10. The van der Waals surface area contributed by atoms with Gasteiger partial charge in [0.25, 0.3) is 0 Å². The summed E-state index contributed by atoms with van der Waals surface area (Å²) < 4.78 is 28.7. The lowest BCUT2D eigenvalue weighted by atomic mass is 9.68. The van der Waals surface area contributed by atoms with Gasteiger partial charge in [0.2, 0.25) is 0 Å². The van der Waals surface area contributed by atoms with E-state index in [0.29, 0.717) is 0 Å². The van der Waals surface area contributed by atoms with Gasteiger partial charge >= 0.3 is 24.6 Å². The van der Waals surface area contributed by atoms with Crippen LogP contribution >= 0.6 is 0 Å². The highest BCUT2D eigenvalue weighted by atomic mass is 16.8. The number of carbonyl (C=O) groups is 4. The summed E-state index contributed by atoms with van der Waals surface area (Å²) in [5.74, 6) is -1.34. The van der Waals surface area contributed by atoms with Gasteiger partial charge in [0.05, 0.1) is 11.8 Å². The number of carbonyl (C=O) groups excluding carboxylic acids is 4. The fraction of sp³-hybridized carbons (Fsp3) is 0.500. The molecule has 5 rings (SSSR count). The summed E-state index contributed by atoms with van der Waals surface area (Å²) in [4.78, 5) is 45.5. The third-order valence-corrected chi connectivity index (χ3v) is 3.98. The molecule has 2 heterocycles. The van der Waals surface area contributed by atoms with Crippen molar-refractivity contribution in [3.8, 4) is 0 Å². The van der Waals surface area contributed by atoms with Crippen LogP contribution in [0.25, 0.3) is 0 Å². The van der Waals surface area contributed by atoms with E-state index in [1.54, 1.807) is 12.2 Å². The molecule has 0 aromatic carbocycles. The van der Waals surface area contributed by atoms with E-state index in [-0.39, 0.29) is 0 Å². The Balaban J connectivity index is 1.72. The zero-order valence-electron chi connectivity index (χ0n) is 10.7. The van der Waals surface area contributed by atoms with E-state index < -0.39 is 60.9 Å². The van der Waals surface area contributed by atoms with Gasteiger partial charge in [0, 0.05) is 0 Å². The second kappa shape index (κ2) is 4.36. The molecule has 2 aliphatic heterocycles. The summed E-state index contributed by atoms with van der Waals surface area (Å²) in [6, 6.07) is 0. The Morgan fingerprint density at radius 3 is 1.09 bits per heavy atom. The summed E-state index contributed by atoms with van der Waals surface area (Å²) >= 11 is 0. The second-order valence-electron chi connectivity index (χ2n) is 5.07. The molecule has 4 unspecified atom stereocenters. The van der Waals surface area contributed by atoms with Gasteiger partial charge in [-0.15, -0.1) is 0 Å². The van der Waals surface area contributed by atoms with Crippen molar-refractivity contribution >= 4 is 24.6 Å².